The molecule has 0 radical (unpaired) electrons. The van der Waals surface area contributed by atoms with Crippen LogP contribution in [0.1, 0.15) is 16.7 Å². The highest BCUT2D eigenvalue weighted by molar-refractivity contribution is 6.31. The largest absolute Gasteiger partial charge is 0.360 e. The number of hydrogen-bond donors (Lipinski definition) is 2. The molecule has 0 heterocycles. The number of anilines is 2. The van der Waals surface area contributed by atoms with Crippen molar-refractivity contribution < 1.29 is 4.79 Å². The van der Waals surface area contributed by atoms with Crippen molar-refractivity contribution in [2.45, 2.75) is 20.8 Å². The fourth-order valence-corrected chi connectivity index (χ4v) is 2.24. The van der Waals surface area contributed by atoms with Gasteiger partial charge < -0.3 is 10.6 Å². The Labute approximate surface area is 146 Å². The van der Waals surface area contributed by atoms with Gasteiger partial charge in [-0.1, -0.05) is 23.7 Å². The SMILES string of the molecule is Cc1ccc(N/C=C(/C#N)C(=O)Nc2cccc(Cl)c2C)cc1C. The molecule has 4 nitrogen and oxygen atoms in total. The van der Waals surface area contributed by atoms with Crippen molar-refractivity contribution in [2.24, 2.45) is 0 Å². The molecule has 24 heavy (non-hydrogen) atoms. The molecule has 0 bridgehead atoms. The number of nitrogens with zero attached hydrogens (tertiary/aromatic N) is 1. The minimum Gasteiger partial charge on any atom is -0.360 e. The number of hydrogen-bond acceptors (Lipinski definition) is 3. The average Bonchev–Trinajstić information content (AvgIpc) is 2.55. The predicted octanol–water partition coefficient (Wildman–Crippen LogP) is 4.72. The number of carbonyl (C=O) groups excluding carboxylic acids is 1. The van der Waals surface area contributed by atoms with Crippen LogP contribution in [0.5, 0.6) is 0 Å². The van der Waals surface area contributed by atoms with E-state index in [9.17, 15) is 10.1 Å². The van der Waals surface area contributed by atoms with Crippen LogP contribution in [0, 0.1) is 32.1 Å². The summed E-state index contributed by atoms with van der Waals surface area (Å²) in [7, 11) is 0. The lowest BCUT2D eigenvalue weighted by atomic mass is 10.1. The van der Waals surface area contributed by atoms with Gasteiger partial charge in [-0.3, -0.25) is 4.79 Å². The van der Waals surface area contributed by atoms with Gasteiger partial charge in [0.25, 0.3) is 5.91 Å². The lowest BCUT2D eigenvalue weighted by molar-refractivity contribution is -0.112. The average molecular weight is 340 g/mol. The van der Waals surface area contributed by atoms with E-state index in [0.29, 0.717) is 10.7 Å². The van der Waals surface area contributed by atoms with Gasteiger partial charge in [-0.05, 0) is 61.7 Å². The molecule has 2 aromatic rings. The molecule has 0 aromatic heterocycles. The van der Waals surface area contributed by atoms with Gasteiger partial charge in [0.2, 0.25) is 0 Å². The summed E-state index contributed by atoms with van der Waals surface area (Å²) in [6.45, 7) is 5.83. The molecule has 0 atom stereocenters. The normalized spacial score (nSPS) is 10.9. The molecular formula is C19H18ClN3O. The minimum atomic E-state index is -0.487. The fourth-order valence-electron chi connectivity index (χ4n) is 2.07. The first-order valence-electron chi connectivity index (χ1n) is 7.43. The number of amides is 1. The zero-order chi connectivity index (χ0) is 17.7. The molecule has 0 saturated carbocycles. The van der Waals surface area contributed by atoms with Gasteiger partial charge in [0.1, 0.15) is 11.6 Å². The lowest BCUT2D eigenvalue weighted by Crippen LogP contribution is -2.15. The standard InChI is InChI=1S/C19H18ClN3O/c1-12-7-8-16(9-13(12)2)22-11-15(10-21)19(24)23-18-6-4-5-17(20)14(18)3/h4-9,11,22H,1-3H3,(H,23,24)/b15-11-. The summed E-state index contributed by atoms with van der Waals surface area (Å²) in [5, 5.41) is 15.5. The molecule has 0 spiro atoms. The number of benzene rings is 2. The number of halogens is 1. The number of nitriles is 1. The molecule has 0 fully saturated rings. The Morgan fingerprint density at radius 2 is 1.92 bits per heavy atom. The van der Waals surface area contributed by atoms with Gasteiger partial charge in [-0.15, -0.1) is 0 Å². The van der Waals surface area contributed by atoms with Crippen molar-refractivity contribution >= 4 is 28.9 Å². The van der Waals surface area contributed by atoms with Crippen LogP contribution in [0.3, 0.4) is 0 Å². The second-order valence-electron chi connectivity index (χ2n) is 5.48. The van der Waals surface area contributed by atoms with Gasteiger partial charge in [0.15, 0.2) is 0 Å². The van der Waals surface area contributed by atoms with Crippen LogP contribution in [0.15, 0.2) is 48.2 Å². The quantitative estimate of drug-likeness (QED) is 0.625. The topological polar surface area (TPSA) is 64.9 Å². The molecular weight excluding hydrogens is 322 g/mol. The van der Waals surface area contributed by atoms with Crippen LogP contribution in [0.2, 0.25) is 5.02 Å². The van der Waals surface area contributed by atoms with Crippen LogP contribution in [0.25, 0.3) is 0 Å². The van der Waals surface area contributed by atoms with Crippen molar-refractivity contribution in [1.82, 2.24) is 0 Å². The van der Waals surface area contributed by atoms with E-state index in [0.717, 1.165) is 16.8 Å². The summed E-state index contributed by atoms with van der Waals surface area (Å²) in [5.41, 5.74) is 4.45. The first kappa shape index (κ1) is 17.6. The molecule has 0 unspecified atom stereocenters. The number of rotatable bonds is 4. The zero-order valence-electron chi connectivity index (χ0n) is 13.8. The maximum absolute atomic E-state index is 12.3. The highest BCUT2D eigenvalue weighted by Gasteiger charge is 2.11. The monoisotopic (exact) mass is 339 g/mol. The van der Waals surface area contributed by atoms with E-state index in [1.807, 2.05) is 38.1 Å². The smallest absolute Gasteiger partial charge is 0.267 e. The third kappa shape index (κ3) is 4.15. The Morgan fingerprint density at radius 3 is 2.58 bits per heavy atom. The number of aryl methyl sites for hydroxylation is 2. The van der Waals surface area contributed by atoms with Crippen molar-refractivity contribution in [3.8, 4) is 6.07 Å². The third-order valence-corrected chi connectivity index (χ3v) is 4.18. The minimum absolute atomic E-state index is 0.0207. The molecule has 2 aromatic carbocycles. The molecule has 1 amide bonds. The first-order valence-corrected chi connectivity index (χ1v) is 7.80. The van der Waals surface area contributed by atoms with Gasteiger partial charge in [0.05, 0.1) is 0 Å². The van der Waals surface area contributed by atoms with Crippen molar-refractivity contribution in [3.05, 3.63) is 69.9 Å². The highest BCUT2D eigenvalue weighted by Crippen LogP contribution is 2.23. The molecule has 0 saturated heterocycles. The maximum Gasteiger partial charge on any atom is 0.267 e. The molecule has 0 aliphatic heterocycles. The summed E-state index contributed by atoms with van der Waals surface area (Å²) < 4.78 is 0. The van der Waals surface area contributed by atoms with Crippen LogP contribution in [-0.4, -0.2) is 5.91 Å². The van der Waals surface area contributed by atoms with Gasteiger partial charge >= 0.3 is 0 Å². The van der Waals surface area contributed by atoms with E-state index in [1.54, 1.807) is 25.1 Å². The van der Waals surface area contributed by atoms with Gasteiger partial charge in [-0.2, -0.15) is 5.26 Å². The zero-order valence-corrected chi connectivity index (χ0v) is 14.5. The molecule has 0 aliphatic carbocycles. The summed E-state index contributed by atoms with van der Waals surface area (Å²) in [6, 6.07) is 13.0. The second kappa shape index (κ2) is 7.67. The molecule has 2 rings (SSSR count). The Bertz CT molecular complexity index is 850. The summed E-state index contributed by atoms with van der Waals surface area (Å²) in [4.78, 5) is 12.3. The van der Waals surface area contributed by atoms with E-state index >= 15 is 0 Å². The third-order valence-electron chi connectivity index (χ3n) is 3.77. The predicted molar refractivity (Wildman–Crippen MR) is 98.1 cm³/mol. The van der Waals surface area contributed by atoms with Crippen molar-refractivity contribution in [1.29, 1.82) is 5.26 Å². The van der Waals surface area contributed by atoms with Crippen LogP contribution in [-0.2, 0) is 4.79 Å². The maximum atomic E-state index is 12.3. The van der Waals surface area contributed by atoms with Crippen LogP contribution in [0.4, 0.5) is 11.4 Å². The van der Waals surface area contributed by atoms with E-state index in [-0.39, 0.29) is 5.57 Å². The van der Waals surface area contributed by atoms with E-state index in [1.165, 1.54) is 11.8 Å². The fraction of sp³-hybridized carbons (Fsp3) is 0.158. The Kier molecular flexibility index (Phi) is 5.62. The van der Waals surface area contributed by atoms with E-state index in [2.05, 4.69) is 10.6 Å². The Balaban J connectivity index is 2.15. The molecule has 5 heteroatoms. The van der Waals surface area contributed by atoms with E-state index < -0.39 is 5.91 Å². The van der Waals surface area contributed by atoms with Gasteiger partial charge in [0, 0.05) is 22.6 Å². The molecule has 0 aliphatic rings. The first-order chi connectivity index (χ1) is 11.4. The van der Waals surface area contributed by atoms with Crippen LogP contribution < -0.4 is 10.6 Å². The number of nitrogens with one attached hydrogen (secondary N) is 2. The molecule has 122 valence electrons. The lowest BCUT2D eigenvalue weighted by Gasteiger charge is -2.09. The Hall–Kier alpha value is -2.77. The second-order valence-corrected chi connectivity index (χ2v) is 5.89. The summed E-state index contributed by atoms with van der Waals surface area (Å²) >= 11 is 6.04. The molecule has 2 N–H and O–H groups in total. The van der Waals surface area contributed by atoms with Crippen LogP contribution >= 0.6 is 11.6 Å². The van der Waals surface area contributed by atoms with E-state index in [4.69, 9.17) is 11.6 Å². The summed E-state index contributed by atoms with van der Waals surface area (Å²) in [6.07, 6.45) is 1.40. The van der Waals surface area contributed by atoms with Crippen molar-refractivity contribution in [2.75, 3.05) is 10.6 Å². The van der Waals surface area contributed by atoms with Crippen molar-refractivity contribution in [3.63, 3.8) is 0 Å². The van der Waals surface area contributed by atoms with Gasteiger partial charge in [-0.25, -0.2) is 0 Å². The number of carbonyl (C=O) groups is 1. The highest BCUT2D eigenvalue weighted by atomic mass is 35.5. The summed E-state index contributed by atoms with van der Waals surface area (Å²) in [5.74, 6) is -0.487. The Morgan fingerprint density at radius 1 is 1.17 bits per heavy atom.